The van der Waals surface area contributed by atoms with Crippen molar-refractivity contribution in [1.82, 2.24) is 20.4 Å². The number of hydrogen-bond donors (Lipinski definition) is 1. The summed E-state index contributed by atoms with van der Waals surface area (Å²) >= 11 is 0. The molecule has 3 rings (SSSR count). The molecule has 0 spiro atoms. The molecule has 7 heteroatoms. The Kier molecular flexibility index (Phi) is 5.15. The highest BCUT2D eigenvalue weighted by molar-refractivity contribution is 5.74. The molecule has 128 valence electrons. The topological polar surface area (TPSA) is 80.5 Å². The number of rotatable bonds is 3. The summed E-state index contributed by atoms with van der Waals surface area (Å²) in [6.07, 6.45) is 3.68. The lowest BCUT2D eigenvalue weighted by atomic mass is 9.96. The lowest BCUT2D eigenvalue weighted by Gasteiger charge is -2.31. The molecule has 1 aromatic heterocycles. The summed E-state index contributed by atoms with van der Waals surface area (Å²) in [4.78, 5) is 18.5. The van der Waals surface area contributed by atoms with Crippen LogP contribution in [0.4, 0.5) is 4.79 Å². The Hall–Kier alpha value is -1.63. The molecule has 0 aromatic carbocycles. The zero-order chi connectivity index (χ0) is 16.2. The lowest BCUT2D eigenvalue weighted by molar-refractivity contribution is 0.0830. The zero-order valence-corrected chi connectivity index (χ0v) is 14.0. The van der Waals surface area contributed by atoms with Crippen LogP contribution in [0, 0.1) is 0 Å². The number of nitrogens with one attached hydrogen (secondary N) is 1. The molecule has 0 atom stereocenters. The van der Waals surface area contributed by atoms with E-state index in [2.05, 4.69) is 15.5 Å². The van der Waals surface area contributed by atoms with E-state index in [1.165, 1.54) is 0 Å². The molecule has 23 heavy (non-hydrogen) atoms. The van der Waals surface area contributed by atoms with Crippen LogP contribution in [0.1, 0.15) is 63.1 Å². The monoisotopic (exact) mass is 322 g/mol. The predicted octanol–water partition coefficient (Wildman–Crippen LogP) is 2.26. The van der Waals surface area contributed by atoms with Gasteiger partial charge < -0.3 is 19.5 Å². The number of hydrogen-bond acceptors (Lipinski definition) is 5. The van der Waals surface area contributed by atoms with Crippen molar-refractivity contribution >= 4 is 6.03 Å². The van der Waals surface area contributed by atoms with E-state index in [4.69, 9.17) is 9.26 Å². The van der Waals surface area contributed by atoms with Gasteiger partial charge in [0.15, 0.2) is 5.82 Å². The number of urea groups is 1. The van der Waals surface area contributed by atoms with Gasteiger partial charge in [0.2, 0.25) is 5.89 Å². The van der Waals surface area contributed by atoms with Crippen LogP contribution in [0.5, 0.6) is 0 Å². The van der Waals surface area contributed by atoms with Crippen LogP contribution < -0.4 is 5.32 Å². The van der Waals surface area contributed by atoms with E-state index in [0.29, 0.717) is 5.92 Å². The third-order valence-corrected chi connectivity index (χ3v) is 4.59. The second-order valence-electron chi connectivity index (χ2n) is 6.74. The molecule has 2 saturated heterocycles. The molecule has 1 N–H and O–H groups in total. The molecule has 3 heterocycles. The fraction of sp³-hybridized carbons (Fsp3) is 0.812. The van der Waals surface area contributed by atoms with E-state index < -0.39 is 0 Å². The van der Waals surface area contributed by atoms with Gasteiger partial charge in [-0.2, -0.15) is 4.98 Å². The molecule has 2 aliphatic heterocycles. The van der Waals surface area contributed by atoms with Gasteiger partial charge in [0.05, 0.1) is 0 Å². The van der Waals surface area contributed by atoms with E-state index in [-0.39, 0.29) is 18.0 Å². The van der Waals surface area contributed by atoms with Crippen molar-refractivity contribution in [1.29, 1.82) is 0 Å². The van der Waals surface area contributed by atoms with E-state index in [1.54, 1.807) is 0 Å². The van der Waals surface area contributed by atoms with Crippen LogP contribution in [0.15, 0.2) is 4.52 Å². The van der Waals surface area contributed by atoms with Crippen LogP contribution in [0.25, 0.3) is 0 Å². The first-order valence-corrected chi connectivity index (χ1v) is 8.60. The largest absolute Gasteiger partial charge is 0.381 e. The first kappa shape index (κ1) is 16.2. The minimum atomic E-state index is 0.0203. The van der Waals surface area contributed by atoms with Crippen LogP contribution in [-0.4, -0.2) is 53.4 Å². The van der Waals surface area contributed by atoms with Gasteiger partial charge in [-0.15, -0.1) is 0 Å². The van der Waals surface area contributed by atoms with Crippen molar-refractivity contribution in [3.63, 3.8) is 0 Å². The molecule has 0 saturated carbocycles. The molecule has 2 aliphatic rings. The smallest absolute Gasteiger partial charge is 0.317 e. The summed E-state index contributed by atoms with van der Waals surface area (Å²) < 4.78 is 10.9. The van der Waals surface area contributed by atoms with Crippen molar-refractivity contribution in [2.75, 3.05) is 26.3 Å². The first-order valence-electron chi connectivity index (χ1n) is 8.60. The third kappa shape index (κ3) is 4.02. The second-order valence-corrected chi connectivity index (χ2v) is 6.74. The number of piperidine rings is 1. The highest BCUT2D eigenvalue weighted by atomic mass is 16.5. The van der Waals surface area contributed by atoms with Gasteiger partial charge in [-0.3, -0.25) is 0 Å². The Morgan fingerprint density at radius 3 is 2.52 bits per heavy atom. The van der Waals surface area contributed by atoms with E-state index in [0.717, 1.165) is 63.7 Å². The highest BCUT2D eigenvalue weighted by Crippen LogP contribution is 2.30. The number of carbonyl (C=O) groups excluding carboxylic acids is 1. The SMILES string of the molecule is CC(C)NC(=O)N1CCC(c2nc(C3CCOCC3)no2)CC1. The lowest BCUT2D eigenvalue weighted by Crippen LogP contribution is -2.46. The van der Waals surface area contributed by atoms with Gasteiger partial charge in [-0.25, -0.2) is 4.79 Å². The predicted molar refractivity (Wildman–Crippen MR) is 84.3 cm³/mol. The maximum atomic E-state index is 12.0. The van der Waals surface area contributed by atoms with Gasteiger partial charge in [0.25, 0.3) is 0 Å². The van der Waals surface area contributed by atoms with Crippen molar-refractivity contribution in [3.05, 3.63) is 11.7 Å². The van der Waals surface area contributed by atoms with Gasteiger partial charge in [0.1, 0.15) is 0 Å². The number of ether oxygens (including phenoxy) is 1. The average molecular weight is 322 g/mol. The second kappa shape index (κ2) is 7.29. The minimum Gasteiger partial charge on any atom is -0.381 e. The van der Waals surface area contributed by atoms with Crippen molar-refractivity contribution in [3.8, 4) is 0 Å². The van der Waals surface area contributed by atoms with Crippen LogP contribution in [-0.2, 0) is 4.74 Å². The summed E-state index contributed by atoms with van der Waals surface area (Å²) in [5, 5.41) is 7.11. The van der Waals surface area contributed by atoms with Crippen molar-refractivity contribution < 1.29 is 14.1 Å². The average Bonchev–Trinajstić information content (AvgIpc) is 3.05. The molecule has 0 bridgehead atoms. The number of nitrogens with zero attached hydrogens (tertiary/aromatic N) is 3. The maximum Gasteiger partial charge on any atom is 0.317 e. The standard InChI is InChI=1S/C16H26N4O3/c1-11(2)17-16(21)20-7-3-13(4-8-20)15-18-14(19-23-15)12-5-9-22-10-6-12/h11-13H,3-10H2,1-2H3,(H,17,21). The quantitative estimate of drug-likeness (QED) is 0.923. The van der Waals surface area contributed by atoms with E-state index in [9.17, 15) is 4.79 Å². The fourth-order valence-corrected chi connectivity index (χ4v) is 3.20. The normalized spacial score (nSPS) is 20.9. The molecule has 2 fully saturated rings. The molecule has 0 aliphatic carbocycles. The maximum absolute atomic E-state index is 12.0. The summed E-state index contributed by atoms with van der Waals surface area (Å²) in [5.74, 6) is 2.18. The Morgan fingerprint density at radius 2 is 1.87 bits per heavy atom. The number of carbonyl (C=O) groups is 1. The molecular weight excluding hydrogens is 296 g/mol. The van der Waals surface area contributed by atoms with E-state index >= 15 is 0 Å². The minimum absolute atomic E-state index is 0.0203. The third-order valence-electron chi connectivity index (χ3n) is 4.59. The summed E-state index contributed by atoms with van der Waals surface area (Å²) in [6, 6.07) is 0.185. The zero-order valence-electron chi connectivity index (χ0n) is 14.0. The van der Waals surface area contributed by atoms with Gasteiger partial charge in [-0.05, 0) is 39.5 Å². The molecule has 0 unspecified atom stereocenters. The van der Waals surface area contributed by atoms with Gasteiger partial charge in [0, 0.05) is 44.2 Å². The van der Waals surface area contributed by atoms with E-state index in [1.807, 2.05) is 18.7 Å². The van der Waals surface area contributed by atoms with Crippen molar-refractivity contribution in [2.45, 2.75) is 57.4 Å². The first-order chi connectivity index (χ1) is 11.1. The van der Waals surface area contributed by atoms with Crippen LogP contribution in [0.3, 0.4) is 0 Å². The molecule has 1 aromatic rings. The van der Waals surface area contributed by atoms with Crippen molar-refractivity contribution in [2.24, 2.45) is 0 Å². The number of amides is 2. The van der Waals surface area contributed by atoms with Gasteiger partial charge >= 0.3 is 6.03 Å². The Bertz CT molecular complexity index is 517. The number of aromatic nitrogens is 2. The fourth-order valence-electron chi connectivity index (χ4n) is 3.20. The number of likely N-dealkylation sites (tertiary alicyclic amines) is 1. The highest BCUT2D eigenvalue weighted by Gasteiger charge is 2.29. The Balaban J connectivity index is 1.53. The Morgan fingerprint density at radius 1 is 1.17 bits per heavy atom. The Labute approximate surface area is 136 Å². The summed E-state index contributed by atoms with van der Waals surface area (Å²) in [5.41, 5.74) is 0. The summed E-state index contributed by atoms with van der Waals surface area (Å²) in [7, 11) is 0. The van der Waals surface area contributed by atoms with Crippen LogP contribution in [0.2, 0.25) is 0 Å². The molecule has 7 nitrogen and oxygen atoms in total. The van der Waals surface area contributed by atoms with Crippen LogP contribution >= 0.6 is 0 Å². The summed E-state index contributed by atoms with van der Waals surface area (Å²) in [6.45, 7) is 6.97. The molecular formula is C16H26N4O3. The molecule has 2 amide bonds. The molecule has 0 radical (unpaired) electrons. The van der Waals surface area contributed by atoms with Gasteiger partial charge in [-0.1, -0.05) is 5.16 Å².